The Kier molecular flexibility index (Phi) is 4.29. The van der Waals surface area contributed by atoms with Crippen molar-refractivity contribution >= 4 is 11.8 Å². The Morgan fingerprint density at radius 1 is 1.00 bits per heavy atom. The highest BCUT2D eigenvalue weighted by Crippen LogP contribution is 2.45. The van der Waals surface area contributed by atoms with Gasteiger partial charge < -0.3 is 14.4 Å². The molecule has 2 saturated carbocycles. The molecule has 0 N–H and O–H groups in total. The van der Waals surface area contributed by atoms with Gasteiger partial charge in [-0.25, -0.2) is 0 Å². The molecular formula is C18H28N2O4. The maximum absolute atomic E-state index is 13.0. The molecule has 2 amide bonds. The largest absolute Gasteiger partial charge is 0.378 e. The molecule has 4 rings (SSSR count). The molecule has 0 radical (unpaired) electrons. The van der Waals surface area contributed by atoms with E-state index in [1.165, 1.54) is 0 Å². The topological polar surface area (TPSA) is 59.1 Å². The van der Waals surface area contributed by atoms with Gasteiger partial charge in [0.05, 0.1) is 19.8 Å². The lowest BCUT2D eigenvalue weighted by molar-refractivity contribution is -0.165. The van der Waals surface area contributed by atoms with Gasteiger partial charge in [-0.3, -0.25) is 14.5 Å². The van der Waals surface area contributed by atoms with E-state index in [0.717, 1.165) is 38.5 Å². The second-order valence-electron chi connectivity index (χ2n) is 7.88. The van der Waals surface area contributed by atoms with Gasteiger partial charge >= 0.3 is 0 Å². The van der Waals surface area contributed by atoms with E-state index in [1.807, 2.05) is 9.80 Å². The van der Waals surface area contributed by atoms with Crippen molar-refractivity contribution in [1.29, 1.82) is 0 Å². The molecule has 0 aromatic rings. The Morgan fingerprint density at radius 2 is 1.67 bits per heavy atom. The fourth-order valence-corrected chi connectivity index (χ4v) is 4.32. The van der Waals surface area contributed by atoms with E-state index < -0.39 is 11.8 Å². The van der Waals surface area contributed by atoms with Crippen molar-refractivity contribution < 1.29 is 19.1 Å². The summed E-state index contributed by atoms with van der Waals surface area (Å²) in [5, 5.41) is 0. The normalized spacial score (nSPS) is 37.0. The van der Waals surface area contributed by atoms with Gasteiger partial charge in [-0.2, -0.15) is 0 Å². The predicted octanol–water partition coefficient (Wildman–Crippen LogP) is 1.39. The van der Waals surface area contributed by atoms with Crippen LogP contribution in [0.4, 0.5) is 0 Å². The minimum atomic E-state index is -0.529. The summed E-state index contributed by atoms with van der Waals surface area (Å²) in [6.45, 7) is 5.00. The molecule has 0 aromatic carbocycles. The first-order valence-corrected chi connectivity index (χ1v) is 9.44. The molecular weight excluding hydrogens is 308 g/mol. The molecule has 134 valence electrons. The fraction of sp³-hybridized carbons (Fsp3) is 0.889. The monoisotopic (exact) mass is 336 g/mol. The molecule has 4 fully saturated rings. The van der Waals surface area contributed by atoms with Crippen molar-refractivity contribution in [1.82, 2.24) is 9.80 Å². The Labute approximate surface area is 143 Å². The molecule has 6 heteroatoms. The maximum Gasteiger partial charge on any atom is 0.248 e. The third-order valence-corrected chi connectivity index (χ3v) is 6.09. The van der Waals surface area contributed by atoms with Crippen LogP contribution in [0.2, 0.25) is 0 Å². The van der Waals surface area contributed by atoms with Crippen molar-refractivity contribution in [2.24, 2.45) is 11.8 Å². The Hall–Kier alpha value is -1.14. The smallest absolute Gasteiger partial charge is 0.248 e. The van der Waals surface area contributed by atoms with E-state index in [0.29, 0.717) is 38.8 Å². The second kappa shape index (κ2) is 6.30. The van der Waals surface area contributed by atoms with Crippen LogP contribution in [0.5, 0.6) is 0 Å². The number of amides is 2. The van der Waals surface area contributed by atoms with Gasteiger partial charge in [-0.15, -0.1) is 0 Å². The Bertz CT molecular complexity index is 505. The lowest BCUT2D eigenvalue weighted by Crippen LogP contribution is -2.58. The molecule has 2 saturated heterocycles. The van der Waals surface area contributed by atoms with E-state index in [9.17, 15) is 9.59 Å². The van der Waals surface area contributed by atoms with E-state index in [1.54, 1.807) is 0 Å². The average Bonchev–Trinajstić information content (AvgIpc) is 3.40. The van der Waals surface area contributed by atoms with Crippen LogP contribution in [0.25, 0.3) is 0 Å². The van der Waals surface area contributed by atoms with Crippen LogP contribution >= 0.6 is 0 Å². The highest BCUT2D eigenvalue weighted by Gasteiger charge is 2.56. The van der Waals surface area contributed by atoms with Crippen LogP contribution in [0.1, 0.15) is 45.4 Å². The van der Waals surface area contributed by atoms with Crippen molar-refractivity contribution in [3.63, 3.8) is 0 Å². The number of carbonyl (C=O) groups excluding carboxylic acids is 2. The first kappa shape index (κ1) is 16.3. The third kappa shape index (κ3) is 2.84. The zero-order valence-corrected chi connectivity index (χ0v) is 14.5. The SMILES string of the molecule is CC1CCC2(CC1)OCC(C(=O)N1CCOCC1)N2C(=O)C1CC1. The summed E-state index contributed by atoms with van der Waals surface area (Å²) >= 11 is 0. The lowest BCUT2D eigenvalue weighted by atomic mass is 9.83. The van der Waals surface area contributed by atoms with E-state index in [4.69, 9.17) is 9.47 Å². The number of morpholine rings is 1. The van der Waals surface area contributed by atoms with Crippen molar-refractivity contribution in [2.75, 3.05) is 32.9 Å². The van der Waals surface area contributed by atoms with E-state index in [-0.39, 0.29) is 17.7 Å². The van der Waals surface area contributed by atoms with Gasteiger partial charge in [-0.05, 0) is 44.4 Å². The molecule has 24 heavy (non-hydrogen) atoms. The number of hydrogen-bond donors (Lipinski definition) is 0. The summed E-state index contributed by atoms with van der Waals surface area (Å²) in [5.74, 6) is 0.977. The maximum atomic E-state index is 13.0. The van der Waals surface area contributed by atoms with Crippen molar-refractivity contribution in [3.8, 4) is 0 Å². The molecule has 0 aromatic heterocycles. The standard InChI is InChI=1S/C18H28N2O4/c1-13-4-6-18(7-5-13)20(16(21)14-2-3-14)15(12-24-18)17(22)19-8-10-23-11-9-19/h13-15H,2-12H2,1H3. The molecule has 2 aliphatic heterocycles. The number of nitrogens with zero attached hydrogens (tertiary/aromatic N) is 2. The molecule has 1 atom stereocenters. The lowest BCUT2D eigenvalue weighted by Gasteiger charge is -2.43. The van der Waals surface area contributed by atoms with Gasteiger partial charge in [0.15, 0.2) is 0 Å². The highest BCUT2D eigenvalue weighted by atomic mass is 16.5. The highest BCUT2D eigenvalue weighted by molar-refractivity contribution is 5.90. The van der Waals surface area contributed by atoms with Gasteiger partial charge in [0.25, 0.3) is 0 Å². The minimum absolute atomic E-state index is 0.0443. The summed E-state index contributed by atoms with van der Waals surface area (Å²) < 4.78 is 11.5. The second-order valence-corrected chi connectivity index (χ2v) is 7.88. The Balaban J connectivity index is 1.56. The van der Waals surface area contributed by atoms with Gasteiger partial charge in [0.1, 0.15) is 11.8 Å². The molecule has 1 spiro atoms. The van der Waals surface area contributed by atoms with Crippen LogP contribution < -0.4 is 0 Å². The summed E-state index contributed by atoms with van der Waals surface area (Å²) in [6, 6.07) is -0.440. The minimum Gasteiger partial charge on any atom is -0.378 e. The number of hydrogen-bond acceptors (Lipinski definition) is 4. The number of rotatable bonds is 2. The Morgan fingerprint density at radius 3 is 2.29 bits per heavy atom. The van der Waals surface area contributed by atoms with Crippen LogP contribution in [-0.4, -0.2) is 66.3 Å². The quantitative estimate of drug-likeness (QED) is 0.765. The summed E-state index contributed by atoms with van der Waals surface area (Å²) in [5.41, 5.74) is -0.529. The van der Waals surface area contributed by atoms with Crippen LogP contribution in [0.15, 0.2) is 0 Å². The van der Waals surface area contributed by atoms with Gasteiger partial charge in [-0.1, -0.05) is 6.92 Å². The third-order valence-electron chi connectivity index (χ3n) is 6.09. The molecule has 2 heterocycles. The van der Waals surface area contributed by atoms with E-state index in [2.05, 4.69) is 6.92 Å². The van der Waals surface area contributed by atoms with Crippen LogP contribution in [0, 0.1) is 11.8 Å². The first-order chi connectivity index (χ1) is 11.6. The molecule has 0 bridgehead atoms. The average molecular weight is 336 g/mol. The van der Waals surface area contributed by atoms with E-state index >= 15 is 0 Å². The van der Waals surface area contributed by atoms with Crippen molar-refractivity contribution in [3.05, 3.63) is 0 Å². The zero-order chi connectivity index (χ0) is 16.7. The predicted molar refractivity (Wildman–Crippen MR) is 87.1 cm³/mol. The van der Waals surface area contributed by atoms with Crippen LogP contribution in [-0.2, 0) is 19.1 Å². The van der Waals surface area contributed by atoms with Gasteiger partial charge in [0.2, 0.25) is 11.8 Å². The molecule has 4 aliphatic rings. The van der Waals surface area contributed by atoms with Crippen molar-refractivity contribution in [2.45, 2.75) is 57.2 Å². The van der Waals surface area contributed by atoms with Crippen LogP contribution in [0.3, 0.4) is 0 Å². The summed E-state index contributed by atoms with van der Waals surface area (Å²) in [6.07, 6.45) is 5.76. The number of carbonyl (C=O) groups is 2. The first-order valence-electron chi connectivity index (χ1n) is 9.44. The summed E-state index contributed by atoms with van der Waals surface area (Å²) in [7, 11) is 0. The molecule has 2 aliphatic carbocycles. The molecule has 1 unspecified atom stereocenters. The number of ether oxygens (including phenoxy) is 2. The fourth-order valence-electron chi connectivity index (χ4n) is 4.32. The zero-order valence-electron chi connectivity index (χ0n) is 14.5. The summed E-state index contributed by atoms with van der Waals surface area (Å²) in [4.78, 5) is 29.8. The van der Waals surface area contributed by atoms with Gasteiger partial charge in [0, 0.05) is 19.0 Å². The molecule has 6 nitrogen and oxygen atoms in total.